The van der Waals surface area contributed by atoms with Crippen LogP contribution in [-0.2, 0) is 22.6 Å². The molecule has 0 fully saturated rings. The molecule has 0 bridgehead atoms. The van der Waals surface area contributed by atoms with E-state index in [9.17, 15) is 9.59 Å². The molecule has 4 aromatic rings. The van der Waals surface area contributed by atoms with Gasteiger partial charge in [-0.25, -0.2) is 4.79 Å². The quantitative estimate of drug-likeness (QED) is 0.175. The van der Waals surface area contributed by atoms with Crippen molar-refractivity contribution in [3.8, 4) is 17.2 Å². The number of aromatic nitrogens is 1. The topological polar surface area (TPSA) is 66.8 Å². The Bertz CT molecular complexity index is 1410. The number of carbonyl (C=O) groups is 1. The molecule has 3 aromatic carbocycles. The van der Waals surface area contributed by atoms with E-state index in [4.69, 9.17) is 14.5 Å². The van der Waals surface area contributed by atoms with Crippen LogP contribution in [0.3, 0.4) is 0 Å². The summed E-state index contributed by atoms with van der Waals surface area (Å²) in [6.07, 6.45) is 4.51. The van der Waals surface area contributed by atoms with Crippen molar-refractivity contribution in [2.45, 2.75) is 45.1 Å². The van der Waals surface area contributed by atoms with Crippen molar-refractivity contribution in [2.24, 2.45) is 0 Å². The Morgan fingerprint density at radius 3 is 2.38 bits per heavy atom. The van der Waals surface area contributed by atoms with E-state index in [-0.39, 0.29) is 17.4 Å². The molecule has 0 N–H and O–H groups in total. The maximum Gasteiger partial charge on any atom is 0.355 e. The molecular formula is C31H29NO5. The molecule has 5 rings (SSSR count). The van der Waals surface area contributed by atoms with Crippen molar-refractivity contribution >= 4 is 5.97 Å². The Labute approximate surface area is 216 Å². The fraction of sp³-hybridized carbons (Fsp3) is 0.226. The van der Waals surface area contributed by atoms with Crippen LogP contribution in [0, 0.1) is 0 Å². The first-order valence-electron chi connectivity index (χ1n) is 12.6. The summed E-state index contributed by atoms with van der Waals surface area (Å²) in [5.74, 6) is 1.76. The molecule has 0 atom stereocenters. The maximum atomic E-state index is 12.7. The first-order valence-corrected chi connectivity index (χ1v) is 12.6. The zero-order chi connectivity index (χ0) is 25.6. The highest BCUT2D eigenvalue weighted by Gasteiger charge is 2.28. The van der Waals surface area contributed by atoms with Gasteiger partial charge in [0.1, 0.15) is 11.5 Å². The minimum Gasteiger partial charge on any atom is -0.457 e. The lowest BCUT2D eigenvalue weighted by molar-refractivity contribution is -0.213. The Morgan fingerprint density at radius 1 is 0.919 bits per heavy atom. The summed E-state index contributed by atoms with van der Waals surface area (Å²) in [5.41, 5.74) is 4.23. The lowest BCUT2D eigenvalue weighted by Crippen LogP contribution is -2.21. The van der Waals surface area contributed by atoms with Crippen LogP contribution >= 0.6 is 0 Å². The Balaban J connectivity index is 1.31. The normalized spacial score (nSPS) is 12.2. The molecule has 6 nitrogen and oxygen atoms in total. The minimum atomic E-state index is -0.387. The second-order valence-electron chi connectivity index (χ2n) is 9.14. The molecule has 0 amide bonds. The molecule has 0 radical (unpaired) electrons. The number of hydrogen-bond donors (Lipinski definition) is 0. The second-order valence-corrected chi connectivity index (χ2v) is 9.14. The van der Waals surface area contributed by atoms with Gasteiger partial charge in [-0.3, -0.25) is 14.6 Å². The predicted octanol–water partition coefficient (Wildman–Crippen LogP) is 6.40. The molecule has 0 spiro atoms. The van der Waals surface area contributed by atoms with Gasteiger partial charge in [0.25, 0.3) is 5.56 Å². The van der Waals surface area contributed by atoms with Crippen LogP contribution in [0.5, 0.6) is 17.2 Å². The fourth-order valence-electron chi connectivity index (χ4n) is 4.71. The van der Waals surface area contributed by atoms with Crippen molar-refractivity contribution < 1.29 is 19.3 Å². The molecule has 37 heavy (non-hydrogen) atoms. The standard InChI is InChI=1S/C31H29NO5/c1-2-9-30(34)37-36-24-12-7-10-22(20-24)11-8-19-32-21-23(17-18-29(32)33)31-25-13-3-5-15-27(25)35-28-16-6-4-14-26(28)31/h3-7,10,12-18,20-21,31H,2,8-9,11,19H2,1H3. The van der Waals surface area contributed by atoms with Crippen LogP contribution in [0.2, 0.25) is 0 Å². The Kier molecular flexibility index (Phi) is 7.36. The van der Waals surface area contributed by atoms with E-state index >= 15 is 0 Å². The van der Waals surface area contributed by atoms with Crippen molar-refractivity contribution in [3.63, 3.8) is 0 Å². The average Bonchev–Trinajstić information content (AvgIpc) is 2.92. The van der Waals surface area contributed by atoms with Gasteiger partial charge >= 0.3 is 5.97 Å². The van der Waals surface area contributed by atoms with Gasteiger partial charge in [-0.05, 0) is 54.7 Å². The van der Waals surface area contributed by atoms with E-state index in [0.29, 0.717) is 25.1 Å². The van der Waals surface area contributed by atoms with Gasteiger partial charge in [0.05, 0.1) is 0 Å². The number of rotatable bonds is 9. The van der Waals surface area contributed by atoms with Crippen LogP contribution < -0.4 is 15.2 Å². The molecule has 1 aliphatic heterocycles. The molecular weight excluding hydrogens is 466 g/mol. The van der Waals surface area contributed by atoms with Gasteiger partial charge in [-0.2, -0.15) is 0 Å². The van der Waals surface area contributed by atoms with Gasteiger partial charge in [0, 0.05) is 42.3 Å². The monoisotopic (exact) mass is 495 g/mol. The molecule has 0 saturated carbocycles. The Morgan fingerprint density at radius 2 is 1.65 bits per heavy atom. The van der Waals surface area contributed by atoms with E-state index < -0.39 is 0 Å². The van der Waals surface area contributed by atoms with Crippen LogP contribution in [0.15, 0.2) is 95.9 Å². The van der Waals surface area contributed by atoms with Gasteiger partial charge in [-0.1, -0.05) is 61.5 Å². The van der Waals surface area contributed by atoms with Crippen molar-refractivity contribution in [1.82, 2.24) is 4.57 Å². The van der Waals surface area contributed by atoms with E-state index in [2.05, 4.69) is 12.1 Å². The molecule has 1 aromatic heterocycles. The number of carbonyl (C=O) groups excluding carboxylic acids is 1. The molecule has 6 heteroatoms. The largest absolute Gasteiger partial charge is 0.457 e. The predicted molar refractivity (Wildman–Crippen MR) is 141 cm³/mol. The molecule has 0 aliphatic carbocycles. The number of hydrogen-bond acceptors (Lipinski definition) is 5. The number of ether oxygens (including phenoxy) is 1. The number of fused-ring (bicyclic) bond motifs is 2. The number of pyridine rings is 1. The van der Waals surface area contributed by atoms with Crippen LogP contribution in [0.25, 0.3) is 0 Å². The molecule has 0 unspecified atom stereocenters. The maximum absolute atomic E-state index is 12.7. The van der Waals surface area contributed by atoms with Gasteiger partial charge in [0.2, 0.25) is 0 Å². The summed E-state index contributed by atoms with van der Waals surface area (Å²) in [5, 5.41) is 0. The van der Waals surface area contributed by atoms with E-state index in [0.717, 1.165) is 46.6 Å². The first kappa shape index (κ1) is 24.4. The smallest absolute Gasteiger partial charge is 0.355 e. The number of nitrogens with zero attached hydrogens (tertiary/aromatic N) is 1. The summed E-state index contributed by atoms with van der Waals surface area (Å²) in [6, 6.07) is 27.1. The number of benzene rings is 3. The van der Waals surface area contributed by atoms with E-state index in [1.54, 1.807) is 16.7 Å². The summed E-state index contributed by atoms with van der Waals surface area (Å²) >= 11 is 0. The summed E-state index contributed by atoms with van der Waals surface area (Å²) in [6.45, 7) is 2.49. The summed E-state index contributed by atoms with van der Waals surface area (Å²) in [4.78, 5) is 34.3. The van der Waals surface area contributed by atoms with Crippen molar-refractivity contribution in [2.75, 3.05) is 0 Å². The SMILES string of the molecule is CCCC(=O)OOc1cccc(CCCn2cc(C3c4ccccc4Oc4ccccc43)ccc2=O)c1. The van der Waals surface area contributed by atoms with Crippen molar-refractivity contribution in [1.29, 1.82) is 0 Å². The van der Waals surface area contributed by atoms with Crippen LogP contribution in [0.1, 0.15) is 54.4 Å². The summed E-state index contributed by atoms with van der Waals surface area (Å²) < 4.78 is 7.92. The second kappa shape index (κ2) is 11.2. The van der Waals surface area contributed by atoms with Crippen LogP contribution in [0.4, 0.5) is 0 Å². The highest BCUT2D eigenvalue weighted by atomic mass is 17.2. The third kappa shape index (κ3) is 5.59. The highest BCUT2D eigenvalue weighted by molar-refractivity contribution is 5.68. The van der Waals surface area contributed by atoms with Crippen molar-refractivity contribution in [3.05, 3.63) is 124 Å². The van der Waals surface area contributed by atoms with Gasteiger partial charge < -0.3 is 9.30 Å². The summed E-state index contributed by atoms with van der Waals surface area (Å²) in [7, 11) is 0. The zero-order valence-corrected chi connectivity index (χ0v) is 20.8. The Hall–Kier alpha value is -4.32. The lowest BCUT2D eigenvalue weighted by Gasteiger charge is -2.28. The molecule has 2 heterocycles. The third-order valence-electron chi connectivity index (χ3n) is 6.47. The average molecular weight is 496 g/mol. The van der Waals surface area contributed by atoms with E-state index in [1.165, 1.54) is 0 Å². The third-order valence-corrected chi connectivity index (χ3v) is 6.47. The highest BCUT2D eigenvalue weighted by Crippen LogP contribution is 2.46. The molecule has 1 aliphatic rings. The first-order chi connectivity index (χ1) is 18.1. The number of aryl methyl sites for hydroxylation is 2. The van der Waals surface area contributed by atoms with Gasteiger partial charge in [0.15, 0.2) is 5.75 Å². The minimum absolute atomic E-state index is 0.0164. The molecule has 188 valence electrons. The number of para-hydroxylation sites is 2. The van der Waals surface area contributed by atoms with Gasteiger partial charge in [-0.15, -0.1) is 0 Å². The lowest BCUT2D eigenvalue weighted by atomic mass is 9.83. The van der Waals surface area contributed by atoms with Crippen LogP contribution in [-0.4, -0.2) is 10.5 Å². The molecule has 0 saturated heterocycles. The fourth-order valence-corrected chi connectivity index (χ4v) is 4.71. The van der Waals surface area contributed by atoms with E-state index in [1.807, 2.05) is 73.8 Å². The zero-order valence-electron chi connectivity index (χ0n) is 20.8.